The third-order valence-electron chi connectivity index (χ3n) is 4.65. The van der Waals surface area contributed by atoms with Crippen LogP contribution < -0.4 is 0 Å². The van der Waals surface area contributed by atoms with Gasteiger partial charge in [-0.05, 0) is 43.2 Å². The van der Waals surface area contributed by atoms with Crippen LogP contribution in [0.15, 0.2) is 54.6 Å². The lowest BCUT2D eigenvalue weighted by Crippen LogP contribution is -2.09. The Balaban J connectivity index is 1.99. The van der Waals surface area contributed by atoms with Gasteiger partial charge in [-0.25, -0.2) is 0 Å². The van der Waals surface area contributed by atoms with Crippen molar-refractivity contribution in [2.24, 2.45) is 0 Å². The Bertz CT molecular complexity index is 1020. The van der Waals surface area contributed by atoms with E-state index in [-0.39, 0.29) is 11.7 Å². The number of para-hydroxylation sites is 1. The Morgan fingerprint density at radius 2 is 1.85 bits per heavy atom. The monoisotopic (exact) mass is 363 g/mol. The van der Waals surface area contributed by atoms with Gasteiger partial charge >= 0.3 is 0 Å². The van der Waals surface area contributed by atoms with Gasteiger partial charge < -0.3 is 0 Å². The molecular weight excluding hydrogens is 346 g/mol. The number of carbonyl (C=O) groups excluding carboxylic acids is 1. The van der Waals surface area contributed by atoms with Gasteiger partial charge in [0, 0.05) is 22.9 Å². The van der Waals surface area contributed by atoms with Gasteiger partial charge in [0.25, 0.3) is 0 Å². The van der Waals surface area contributed by atoms with E-state index in [0.717, 1.165) is 34.0 Å². The first kappa shape index (κ1) is 16.7. The number of benzene rings is 2. The van der Waals surface area contributed by atoms with E-state index in [1.807, 2.05) is 43.3 Å². The number of carbonyl (C=O) groups is 1. The molecule has 0 N–H and O–H groups in total. The van der Waals surface area contributed by atoms with Gasteiger partial charge in [-0.3, -0.25) is 9.36 Å². The molecule has 1 aliphatic rings. The van der Waals surface area contributed by atoms with Gasteiger partial charge in [0.1, 0.15) is 17.4 Å². The van der Waals surface area contributed by atoms with Crippen molar-refractivity contribution in [2.75, 3.05) is 0 Å². The normalized spacial score (nSPS) is 15.7. The van der Waals surface area contributed by atoms with E-state index in [0.29, 0.717) is 11.4 Å². The molecule has 1 aliphatic heterocycles. The fraction of sp³-hybridized carbons (Fsp3) is 0.190. The van der Waals surface area contributed by atoms with Crippen LogP contribution in [0.5, 0.6) is 0 Å². The molecule has 4 rings (SSSR count). The van der Waals surface area contributed by atoms with E-state index in [1.165, 1.54) is 0 Å². The van der Waals surface area contributed by atoms with Crippen LogP contribution in [0.2, 0.25) is 5.02 Å². The van der Waals surface area contributed by atoms with E-state index in [1.54, 1.807) is 6.92 Å². The molecule has 2 heterocycles. The number of hydrogen-bond donors (Lipinski definition) is 0. The molecule has 0 radical (unpaired) electrons. The number of nitrogens with zero attached hydrogens (tertiary/aromatic N) is 3. The van der Waals surface area contributed by atoms with Crippen LogP contribution in [0.3, 0.4) is 0 Å². The maximum atomic E-state index is 11.9. The summed E-state index contributed by atoms with van der Waals surface area (Å²) >= 11 is 6.07. The Labute approximate surface area is 157 Å². The maximum absolute atomic E-state index is 11.9. The number of allylic oxidation sites excluding steroid dienone is 1. The van der Waals surface area contributed by atoms with Crippen LogP contribution in [0.25, 0.3) is 11.3 Å². The quantitative estimate of drug-likeness (QED) is 0.675. The summed E-state index contributed by atoms with van der Waals surface area (Å²) in [6.07, 6.45) is 2.53. The minimum Gasteiger partial charge on any atom is -0.300 e. The van der Waals surface area contributed by atoms with Crippen molar-refractivity contribution < 1.29 is 4.79 Å². The molecule has 130 valence electrons. The molecule has 1 aromatic heterocycles. The lowest BCUT2D eigenvalue weighted by molar-refractivity contribution is -0.117. The third-order valence-corrected chi connectivity index (χ3v) is 4.90. The summed E-state index contributed by atoms with van der Waals surface area (Å²) in [5, 5.41) is 9.35. The molecular formula is C21H18ClN3O. The van der Waals surface area contributed by atoms with E-state index < -0.39 is 0 Å². The molecule has 0 saturated carbocycles. The minimum absolute atomic E-state index is 0.125. The number of ketones is 1. The molecule has 2 aromatic carbocycles. The van der Waals surface area contributed by atoms with Crippen LogP contribution in [0.1, 0.15) is 42.0 Å². The average Bonchev–Trinajstić information content (AvgIpc) is 2.94. The maximum Gasteiger partial charge on any atom is 0.145 e. The smallest absolute Gasteiger partial charge is 0.145 e. The first-order valence-corrected chi connectivity index (χ1v) is 8.91. The topological polar surface area (TPSA) is 47.8 Å². The van der Waals surface area contributed by atoms with Crippen molar-refractivity contribution in [1.29, 1.82) is 0 Å². The number of aryl methyl sites for hydroxylation is 1. The Kier molecular flexibility index (Phi) is 4.21. The Morgan fingerprint density at radius 1 is 1.12 bits per heavy atom. The first-order chi connectivity index (χ1) is 12.5. The molecule has 0 aliphatic carbocycles. The lowest BCUT2D eigenvalue weighted by atomic mass is 9.92. The van der Waals surface area contributed by atoms with Crippen molar-refractivity contribution in [3.05, 3.63) is 82.4 Å². The van der Waals surface area contributed by atoms with E-state index >= 15 is 0 Å². The fourth-order valence-corrected chi connectivity index (χ4v) is 3.65. The SMILES string of the molecule is CC(=O)CC1C=C(c2ccc(Cl)cc2)c2ccccc2-n2c(C)nnc21. The van der Waals surface area contributed by atoms with Crippen molar-refractivity contribution in [3.63, 3.8) is 0 Å². The summed E-state index contributed by atoms with van der Waals surface area (Å²) < 4.78 is 2.06. The molecule has 1 unspecified atom stereocenters. The largest absolute Gasteiger partial charge is 0.300 e. The van der Waals surface area contributed by atoms with Crippen LogP contribution in [-0.4, -0.2) is 20.5 Å². The predicted octanol–water partition coefficient (Wildman–Crippen LogP) is 4.74. The van der Waals surface area contributed by atoms with Gasteiger partial charge in [-0.1, -0.05) is 48.0 Å². The Hall–Kier alpha value is -2.72. The van der Waals surface area contributed by atoms with Crippen LogP contribution in [-0.2, 0) is 4.79 Å². The predicted molar refractivity (Wildman–Crippen MR) is 103 cm³/mol. The van der Waals surface area contributed by atoms with Gasteiger partial charge in [0.05, 0.1) is 5.69 Å². The molecule has 26 heavy (non-hydrogen) atoms. The summed E-state index contributed by atoms with van der Waals surface area (Å²) in [5.41, 5.74) is 4.25. The average molecular weight is 364 g/mol. The second-order valence-electron chi connectivity index (χ2n) is 6.56. The first-order valence-electron chi connectivity index (χ1n) is 8.53. The van der Waals surface area contributed by atoms with Gasteiger partial charge in [-0.15, -0.1) is 10.2 Å². The molecule has 5 heteroatoms. The highest BCUT2D eigenvalue weighted by Crippen LogP contribution is 2.38. The van der Waals surface area contributed by atoms with E-state index in [9.17, 15) is 4.79 Å². The highest BCUT2D eigenvalue weighted by atomic mass is 35.5. The van der Waals surface area contributed by atoms with Crippen LogP contribution in [0.4, 0.5) is 0 Å². The highest BCUT2D eigenvalue weighted by Gasteiger charge is 2.27. The zero-order chi connectivity index (χ0) is 18.3. The van der Waals surface area contributed by atoms with Crippen LogP contribution in [0, 0.1) is 6.92 Å². The molecule has 0 fully saturated rings. The molecule has 0 bridgehead atoms. The van der Waals surface area contributed by atoms with Crippen molar-refractivity contribution in [1.82, 2.24) is 14.8 Å². The molecule has 4 nitrogen and oxygen atoms in total. The number of Topliss-reactive ketones (excluding diaryl/α,β-unsaturated/α-hetero) is 1. The standard InChI is InChI=1S/C21H18ClN3O/c1-13(26)11-16-12-19(15-7-9-17(22)10-8-15)18-5-3-4-6-20(18)25-14(2)23-24-21(16)25/h3-10,12,16H,11H2,1-2H3. The van der Waals surface area contributed by atoms with E-state index in [2.05, 4.69) is 33.0 Å². The number of halogens is 1. The molecule has 0 amide bonds. The Morgan fingerprint density at radius 3 is 2.58 bits per heavy atom. The summed E-state index contributed by atoms with van der Waals surface area (Å²) in [7, 11) is 0. The third kappa shape index (κ3) is 2.86. The minimum atomic E-state index is -0.133. The molecule has 0 spiro atoms. The van der Waals surface area contributed by atoms with Crippen molar-refractivity contribution >= 4 is 23.0 Å². The van der Waals surface area contributed by atoms with Gasteiger partial charge in [0.2, 0.25) is 0 Å². The number of rotatable bonds is 3. The van der Waals surface area contributed by atoms with E-state index in [4.69, 9.17) is 11.6 Å². The summed E-state index contributed by atoms with van der Waals surface area (Å²) in [6, 6.07) is 16.0. The second kappa shape index (κ2) is 6.54. The summed E-state index contributed by atoms with van der Waals surface area (Å²) in [5.74, 6) is 1.60. The molecule has 0 saturated heterocycles. The van der Waals surface area contributed by atoms with Gasteiger partial charge in [0.15, 0.2) is 0 Å². The highest BCUT2D eigenvalue weighted by molar-refractivity contribution is 6.30. The number of fused-ring (bicyclic) bond motifs is 3. The molecule has 3 aromatic rings. The second-order valence-corrected chi connectivity index (χ2v) is 6.99. The number of aromatic nitrogens is 3. The molecule has 1 atom stereocenters. The van der Waals surface area contributed by atoms with Crippen LogP contribution >= 0.6 is 11.6 Å². The van der Waals surface area contributed by atoms with Crippen molar-refractivity contribution in [3.8, 4) is 5.69 Å². The van der Waals surface area contributed by atoms with Crippen molar-refractivity contribution in [2.45, 2.75) is 26.2 Å². The fourth-order valence-electron chi connectivity index (χ4n) is 3.52. The number of hydrogen-bond acceptors (Lipinski definition) is 3. The summed E-state index contributed by atoms with van der Waals surface area (Å²) in [4.78, 5) is 11.9. The lowest BCUT2D eigenvalue weighted by Gasteiger charge is -2.13. The zero-order valence-electron chi connectivity index (χ0n) is 14.6. The summed E-state index contributed by atoms with van der Waals surface area (Å²) in [6.45, 7) is 3.55. The van der Waals surface area contributed by atoms with Gasteiger partial charge in [-0.2, -0.15) is 0 Å². The zero-order valence-corrected chi connectivity index (χ0v) is 15.4.